The quantitative estimate of drug-likeness (QED) is 0.0403. The molecule has 2 amide bonds. The molecule has 0 spiro atoms. The smallest absolute Gasteiger partial charge is 0.460 e. The molecule has 270 valence electrons. The Morgan fingerprint density at radius 2 is 1.72 bits per heavy atom. The zero-order valence-electron chi connectivity index (χ0n) is 29.7. The minimum Gasteiger partial charge on any atom is -0.460 e. The Bertz CT molecular complexity index is 2210. The highest BCUT2D eigenvalue weighted by atomic mass is 16.4. The van der Waals surface area contributed by atoms with Gasteiger partial charge < -0.3 is 19.8 Å². The van der Waals surface area contributed by atoms with Gasteiger partial charge in [-0.05, 0) is 79.2 Å². The standard InChI is InChI=1S/C39H41BN8O5/c1-3-4-5-7-10-27-18-31(24-41-21-27)39(50)47-43-23-29-17-28(19-32(20-29)40(51)52)22-42-46-38(49)30-14-16-35-45-36(34-15-13-26(2)53-34)37(48(35)25-30)44-33-11-8-6-9-12-33/h13-25,33,44,51-52H,3-6,8-9,11-12H2,1-2H3,(H,46,49)(H,47,50)/b42-22+,43-23+. The molecule has 5 N–H and O–H groups in total. The van der Waals surface area contributed by atoms with Crippen molar-refractivity contribution in [3.63, 3.8) is 0 Å². The Morgan fingerprint density at radius 1 is 0.981 bits per heavy atom. The number of fused-ring (bicyclic) bond motifs is 1. The predicted molar refractivity (Wildman–Crippen MR) is 205 cm³/mol. The van der Waals surface area contributed by atoms with Crippen LogP contribution >= 0.6 is 0 Å². The van der Waals surface area contributed by atoms with Crippen LogP contribution in [0.4, 0.5) is 5.82 Å². The topological polar surface area (TPSA) is 179 Å². The SMILES string of the molecule is CCCCC#Cc1cncc(C(=O)N/N=C/c2cc(/C=N/NC(=O)c3ccc4nc(-c5ccc(C)o5)c(NC5CCCCC5)n4c3)cc(B(O)O)c2)c1. The van der Waals surface area contributed by atoms with Gasteiger partial charge in [-0.1, -0.05) is 56.6 Å². The van der Waals surface area contributed by atoms with Gasteiger partial charge in [0, 0.05) is 36.6 Å². The van der Waals surface area contributed by atoms with Crippen LogP contribution in [0.5, 0.6) is 0 Å². The molecule has 4 aromatic heterocycles. The van der Waals surface area contributed by atoms with Crippen LogP contribution in [0.1, 0.15) is 101 Å². The molecular weight excluding hydrogens is 671 g/mol. The van der Waals surface area contributed by atoms with Crippen LogP contribution in [0.3, 0.4) is 0 Å². The zero-order valence-corrected chi connectivity index (χ0v) is 29.7. The monoisotopic (exact) mass is 712 g/mol. The van der Waals surface area contributed by atoms with Gasteiger partial charge >= 0.3 is 7.12 Å². The molecule has 0 radical (unpaired) electrons. The predicted octanol–water partition coefficient (Wildman–Crippen LogP) is 4.79. The van der Waals surface area contributed by atoms with E-state index in [2.05, 4.69) is 50.1 Å². The third-order valence-corrected chi connectivity index (χ3v) is 8.75. The van der Waals surface area contributed by atoms with Gasteiger partial charge in [-0.3, -0.25) is 19.0 Å². The summed E-state index contributed by atoms with van der Waals surface area (Å²) in [5.74, 6) is 7.35. The molecule has 53 heavy (non-hydrogen) atoms. The van der Waals surface area contributed by atoms with Gasteiger partial charge in [0.2, 0.25) is 0 Å². The van der Waals surface area contributed by atoms with Crippen molar-refractivity contribution in [3.05, 3.63) is 101 Å². The summed E-state index contributed by atoms with van der Waals surface area (Å²) in [6.45, 7) is 3.99. The van der Waals surface area contributed by atoms with Crippen LogP contribution in [0.2, 0.25) is 0 Å². The summed E-state index contributed by atoms with van der Waals surface area (Å²) in [5, 5.41) is 31.6. The van der Waals surface area contributed by atoms with Crippen molar-refractivity contribution in [1.82, 2.24) is 25.2 Å². The number of aromatic nitrogens is 3. The summed E-state index contributed by atoms with van der Waals surface area (Å²) in [7, 11) is -1.78. The molecule has 0 bridgehead atoms. The number of unbranched alkanes of at least 4 members (excludes halogenated alkanes) is 2. The van der Waals surface area contributed by atoms with Crippen molar-refractivity contribution >= 4 is 48.3 Å². The molecular formula is C39H41BN8O5. The first-order valence-corrected chi connectivity index (χ1v) is 17.7. The number of amides is 2. The highest BCUT2D eigenvalue weighted by Gasteiger charge is 2.22. The molecule has 14 heteroatoms. The molecule has 0 aliphatic heterocycles. The van der Waals surface area contributed by atoms with Crippen molar-refractivity contribution < 1.29 is 24.1 Å². The lowest BCUT2D eigenvalue weighted by atomic mass is 9.79. The Morgan fingerprint density at radius 3 is 2.40 bits per heavy atom. The Labute approximate surface area is 307 Å². The van der Waals surface area contributed by atoms with Crippen molar-refractivity contribution in [1.29, 1.82) is 0 Å². The zero-order chi connectivity index (χ0) is 37.2. The maximum Gasteiger partial charge on any atom is 0.488 e. The van der Waals surface area contributed by atoms with Gasteiger partial charge in [0.05, 0.1) is 23.6 Å². The highest BCUT2D eigenvalue weighted by molar-refractivity contribution is 6.58. The van der Waals surface area contributed by atoms with Crippen LogP contribution in [-0.4, -0.2) is 61.8 Å². The summed E-state index contributed by atoms with van der Waals surface area (Å²) in [6, 6.07) is 13.8. The van der Waals surface area contributed by atoms with Gasteiger partial charge in [-0.25, -0.2) is 15.8 Å². The fraction of sp³-hybridized carbons (Fsp3) is 0.282. The number of hydrogen-bond acceptors (Lipinski definition) is 10. The second-order valence-electron chi connectivity index (χ2n) is 12.9. The van der Waals surface area contributed by atoms with Crippen molar-refractivity contribution in [2.24, 2.45) is 10.2 Å². The number of imidazole rings is 1. The van der Waals surface area contributed by atoms with Crippen LogP contribution in [0, 0.1) is 18.8 Å². The average Bonchev–Trinajstić information content (AvgIpc) is 3.76. The van der Waals surface area contributed by atoms with Crippen LogP contribution in [0.15, 0.2) is 81.7 Å². The van der Waals surface area contributed by atoms with E-state index in [9.17, 15) is 19.6 Å². The molecule has 1 aliphatic rings. The van der Waals surface area contributed by atoms with Gasteiger partial charge in [-0.2, -0.15) is 10.2 Å². The lowest BCUT2D eigenvalue weighted by Gasteiger charge is -2.24. The molecule has 6 rings (SSSR count). The second kappa shape index (κ2) is 17.5. The molecule has 1 fully saturated rings. The second-order valence-corrected chi connectivity index (χ2v) is 12.9. The number of furan rings is 1. The number of carbonyl (C=O) groups excluding carboxylic acids is 2. The first-order chi connectivity index (χ1) is 25.8. The third-order valence-electron chi connectivity index (χ3n) is 8.75. The number of nitrogens with one attached hydrogen (secondary N) is 3. The van der Waals surface area contributed by atoms with Crippen LogP contribution < -0.4 is 21.6 Å². The van der Waals surface area contributed by atoms with Gasteiger partial charge in [-0.15, -0.1) is 0 Å². The minimum atomic E-state index is -1.78. The summed E-state index contributed by atoms with van der Waals surface area (Å²) < 4.78 is 7.79. The molecule has 0 saturated heterocycles. The van der Waals surface area contributed by atoms with E-state index in [0.717, 1.165) is 56.5 Å². The maximum absolute atomic E-state index is 13.3. The number of rotatable bonds is 12. The largest absolute Gasteiger partial charge is 0.488 e. The van der Waals surface area contributed by atoms with E-state index < -0.39 is 18.9 Å². The van der Waals surface area contributed by atoms with Crippen LogP contribution in [-0.2, 0) is 0 Å². The van der Waals surface area contributed by atoms with Crippen molar-refractivity contribution in [2.45, 2.75) is 71.3 Å². The number of anilines is 1. The highest BCUT2D eigenvalue weighted by Crippen LogP contribution is 2.33. The average molecular weight is 713 g/mol. The Hall–Kier alpha value is -6.04. The normalized spacial score (nSPS) is 13.3. The minimum absolute atomic E-state index is 0.165. The molecule has 5 aromatic rings. The molecule has 0 atom stereocenters. The summed E-state index contributed by atoms with van der Waals surface area (Å²) >= 11 is 0. The third kappa shape index (κ3) is 9.65. The Kier molecular flexibility index (Phi) is 12.1. The van der Waals surface area contributed by atoms with E-state index in [1.165, 1.54) is 37.2 Å². The fourth-order valence-electron chi connectivity index (χ4n) is 6.01. The van der Waals surface area contributed by atoms with Crippen molar-refractivity contribution in [2.75, 3.05) is 5.32 Å². The van der Waals surface area contributed by atoms with Gasteiger partial charge in [0.1, 0.15) is 22.9 Å². The lowest BCUT2D eigenvalue weighted by molar-refractivity contribution is 0.0946. The molecule has 13 nitrogen and oxygen atoms in total. The van der Waals surface area contributed by atoms with E-state index in [0.29, 0.717) is 44.9 Å². The number of carbonyl (C=O) groups is 2. The molecule has 4 heterocycles. The van der Waals surface area contributed by atoms with Gasteiger partial charge in [0.25, 0.3) is 11.8 Å². The first kappa shape index (κ1) is 36.7. The van der Waals surface area contributed by atoms with E-state index in [1.807, 2.05) is 23.5 Å². The number of hydrogen-bond donors (Lipinski definition) is 5. The maximum atomic E-state index is 13.3. The number of nitrogens with zero attached hydrogens (tertiary/aromatic N) is 5. The number of pyridine rings is 2. The molecule has 0 unspecified atom stereocenters. The first-order valence-electron chi connectivity index (χ1n) is 17.7. The number of hydrazone groups is 2. The van der Waals surface area contributed by atoms with Gasteiger partial charge in [0.15, 0.2) is 5.76 Å². The number of benzene rings is 1. The summed E-state index contributed by atoms with van der Waals surface area (Å²) in [6.07, 6.45) is 15.9. The Balaban J connectivity index is 1.15. The van der Waals surface area contributed by atoms with Crippen molar-refractivity contribution in [3.8, 4) is 23.3 Å². The van der Waals surface area contributed by atoms with Crippen LogP contribution in [0.25, 0.3) is 17.1 Å². The van der Waals surface area contributed by atoms with E-state index in [4.69, 9.17) is 9.40 Å². The molecule has 1 saturated carbocycles. The van der Waals surface area contributed by atoms with E-state index >= 15 is 0 Å². The van der Waals surface area contributed by atoms with E-state index in [1.54, 1.807) is 36.7 Å². The molecule has 1 aromatic carbocycles. The lowest BCUT2D eigenvalue weighted by Crippen LogP contribution is -2.30. The van der Waals surface area contributed by atoms with E-state index in [-0.39, 0.29) is 11.5 Å². The fourth-order valence-corrected chi connectivity index (χ4v) is 6.01. The molecule has 1 aliphatic carbocycles. The number of aryl methyl sites for hydroxylation is 1. The summed E-state index contributed by atoms with van der Waals surface area (Å²) in [4.78, 5) is 34.9. The summed E-state index contributed by atoms with van der Waals surface area (Å²) in [5.41, 5.74) is 8.69.